The first-order valence-electron chi connectivity index (χ1n) is 6.16. The van der Waals surface area contributed by atoms with E-state index >= 15 is 0 Å². The van der Waals surface area contributed by atoms with Gasteiger partial charge in [-0.05, 0) is 24.3 Å². The summed E-state index contributed by atoms with van der Waals surface area (Å²) in [6.45, 7) is 0.158. The van der Waals surface area contributed by atoms with Gasteiger partial charge in [-0.15, -0.1) is 0 Å². The second-order valence-corrected chi connectivity index (χ2v) is 4.33. The standard InChI is InChI=1S/C16H12O4/c17-13-7-4-8-15-16(13)14(18)9-12(20-15)10-19-11-5-2-1-3-6-11/h1-9,17H,10H2. The van der Waals surface area contributed by atoms with Crippen molar-refractivity contribution in [2.24, 2.45) is 0 Å². The maximum Gasteiger partial charge on any atom is 0.196 e. The summed E-state index contributed by atoms with van der Waals surface area (Å²) >= 11 is 0. The first-order chi connectivity index (χ1) is 9.74. The third-order valence-electron chi connectivity index (χ3n) is 2.91. The first kappa shape index (κ1) is 12.3. The molecule has 0 saturated heterocycles. The molecule has 1 aromatic heterocycles. The summed E-state index contributed by atoms with van der Waals surface area (Å²) < 4.78 is 11.1. The van der Waals surface area contributed by atoms with Crippen LogP contribution in [0.3, 0.4) is 0 Å². The van der Waals surface area contributed by atoms with Gasteiger partial charge in [0, 0.05) is 6.07 Å². The molecule has 0 saturated carbocycles. The maximum atomic E-state index is 12.0. The third kappa shape index (κ3) is 2.36. The van der Waals surface area contributed by atoms with Crippen LogP contribution in [0.5, 0.6) is 11.5 Å². The Morgan fingerprint density at radius 1 is 1.05 bits per heavy atom. The molecule has 0 aliphatic rings. The number of phenols is 1. The van der Waals surface area contributed by atoms with E-state index in [1.807, 2.05) is 30.3 Å². The molecule has 0 atom stereocenters. The molecule has 20 heavy (non-hydrogen) atoms. The second kappa shape index (κ2) is 5.09. The number of hydrogen-bond acceptors (Lipinski definition) is 4. The van der Waals surface area contributed by atoms with Crippen molar-refractivity contribution in [1.82, 2.24) is 0 Å². The highest BCUT2D eigenvalue weighted by Gasteiger charge is 2.08. The van der Waals surface area contributed by atoms with E-state index in [4.69, 9.17) is 9.15 Å². The Labute approximate surface area is 114 Å². The molecule has 0 radical (unpaired) electrons. The zero-order valence-corrected chi connectivity index (χ0v) is 10.6. The zero-order chi connectivity index (χ0) is 13.9. The fraction of sp³-hybridized carbons (Fsp3) is 0.0625. The highest BCUT2D eigenvalue weighted by atomic mass is 16.5. The van der Waals surface area contributed by atoms with E-state index in [1.54, 1.807) is 12.1 Å². The van der Waals surface area contributed by atoms with Gasteiger partial charge in [-0.1, -0.05) is 24.3 Å². The Morgan fingerprint density at radius 3 is 2.65 bits per heavy atom. The molecule has 0 fully saturated rings. The normalized spacial score (nSPS) is 10.6. The van der Waals surface area contributed by atoms with Crippen molar-refractivity contribution >= 4 is 11.0 Å². The van der Waals surface area contributed by atoms with Gasteiger partial charge in [-0.25, -0.2) is 0 Å². The number of phenolic OH excluding ortho intramolecular Hbond substituents is 1. The van der Waals surface area contributed by atoms with Crippen molar-refractivity contribution < 1.29 is 14.3 Å². The molecular formula is C16H12O4. The van der Waals surface area contributed by atoms with E-state index in [0.29, 0.717) is 17.1 Å². The van der Waals surface area contributed by atoms with E-state index in [9.17, 15) is 9.90 Å². The Kier molecular flexibility index (Phi) is 3.13. The third-order valence-corrected chi connectivity index (χ3v) is 2.91. The van der Waals surface area contributed by atoms with Crippen LogP contribution in [-0.2, 0) is 6.61 Å². The van der Waals surface area contributed by atoms with Gasteiger partial charge >= 0.3 is 0 Å². The lowest BCUT2D eigenvalue weighted by atomic mass is 10.2. The lowest BCUT2D eigenvalue weighted by molar-refractivity contribution is 0.272. The van der Waals surface area contributed by atoms with Crippen LogP contribution in [0.15, 0.2) is 63.8 Å². The average molecular weight is 268 g/mol. The number of fused-ring (bicyclic) bond motifs is 1. The molecule has 2 aromatic carbocycles. The number of hydrogen-bond donors (Lipinski definition) is 1. The van der Waals surface area contributed by atoms with Crippen molar-refractivity contribution in [1.29, 1.82) is 0 Å². The van der Waals surface area contributed by atoms with E-state index in [-0.39, 0.29) is 23.2 Å². The molecule has 1 heterocycles. The summed E-state index contributed by atoms with van der Waals surface area (Å²) in [5.41, 5.74) is 0.0696. The molecule has 4 nitrogen and oxygen atoms in total. The molecule has 3 aromatic rings. The van der Waals surface area contributed by atoms with Gasteiger partial charge in [0.2, 0.25) is 0 Å². The summed E-state index contributed by atoms with van der Waals surface area (Å²) in [5, 5.41) is 9.85. The molecule has 4 heteroatoms. The van der Waals surface area contributed by atoms with Crippen LogP contribution in [0.4, 0.5) is 0 Å². The van der Waals surface area contributed by atoms with Crippen LogP contribution in [0.1, 0.15) is 5.76 Å². The van der Waals surface area contributed by atoms with Crippen LogP contribution in [0.25, 0.3) is 11.0 Å². The van der Waals surface area contributed by atoms with Crippen molar-refractivity contribution in [2.75, 3.05) is 0 Å². The minimum absolute atomic E-state index is 0.0771. The fourth-order valence-electron chi connectivity index (χ4n) is 1.98. The predicted molar refractivity (Wildman–Crippen MR) is 74.9 cm³/mol. The monoisotopic (exact) mass is 268 g/mol. The highest BCUT2D eigenvalue weighted by Crippen LogP contribution is 2.22. The van der Waals surface area contributed by atoms with Crippen molar-refractivity contribution in [3.63, 3.8) is 0 Å². The van der Waals surface area contributed by atoms with E-state index in [0.717, 1.165) is 0 Å². The summed E-state index contributed by atoms with van der Waals surface area (Å²) in [6.07, 6.45) is 0. The van der Waals surface area contributed by atoms with Crippen molar-refractivity contribution in [3.8, 4) is 11.5 Å². The molecule has 0 bridgehead atoms. The topological polar surface area (TPSA) is 59.7 Å². The van der Waals surface area contributed by atoms with Crippen LogP contribution < -0.4 is 10.2 Å². The molecule has 100 valence electrons. The van der Waals surface area contributed by atoms with E-state index in [2.05, 4.69) is 0 Å². The molecule has 0 amide bonds. The zero-order valence-electron chi connectivity index (χ0n) is 10.6. The van der Waals surface area contributed by atoms with Gasteiger partial charge < -0.3 is 14.3 Å². The average Bonchev–Trinajstić information content (AvgIpc) is 2.46. The lowest BCUT2D eigenvalue weighted by Gasteiger charge is -2.06. The quantitative estimate of drug-likeness (QED) is 0.793. The number of rotatable bonds is 3. The van der Waals surface area contributed by atoms with Crippen LogP contribution in [-0.4, -0.2) is 5.11 Å². The smallest absolute Gasteiger partial charge is 0.196 e. The van der Waals surface area contributed by atoms with Crippen molar-refractivity contribution in [3.05, 3.63) is 70.6 Å². The molecule has 1 N–H and O–H groups in total. The molecule has 0 unspecified atom stereocenters. The Morgan fingerprint density at radius 2 is 1.85 bits per heavy atom. The predicted octanol–water partition coefficient (Wildman–Crippen LogP) is 3.08. The Hall–Kier alpha value is -2.75. The number of para-hydroxylation sites is 1. The van der Waals surface area contributed by atoms with E-state index in [1.165, 1.54) is 12.1 Å². The maximum absolute atomic E-state index is 12.0. The van der Waals surface area contributed by atoms with Gasteiger partial charge in [0.15, 0.2) is 5.43 Å². The van der Waals surface area contributed by atoms with E-state index < -0.39 is 0 Å². The first-order valence-corrected chi connectivity index (χ1v) is 6.16. The SMILES string of the molecule is O=c1cc(COc2ccccc2)oc2cccc(O)c12. The second-order valence-electron chi connectivity index (χ2n) is 4.33. The summed E-state index contributed by atoms with van der Waals surface area (Å²) in [5.74, 6) is 1.04. The van der Waals surface area contributed by atoms with Gasteiger partial charge in [0.05, 0.1) is 0 Å². The Bertz CT molecular complexity index is 790. The van der Waals surface area contributed by atoms with Crippen LogP contribution in [0, 0.1) is 0 Å². The number of ether oxygens (including phenoxy) is 1. The minimum atomic E-state index is -0.281. The number of benzene rings is 2. The molecule has 0 aliphatic heterocycles. The fourth-order valence-corrected chi connectivity index (χ4v) is 1.98. The number of aromatic hydroxyl groups is 1. The van der Waals surface area contributed by atoms with Crippen molar-refractivity contribution in [2.45, 2.75) is 6.61 Å². The Balaban J connectivity index is 1.92. The van der Waals surface area contributed by atoms with Crippen LogP contribution >= 0.6 is 0 Å². The lowest BCUT2D eigenvalue weighted by Crippen LogP contribution is -2.04. The molecule has 0 spiro atoms. The van der Waals surface area contributed by atoms with Gasteiger partial charge in [0.25, 0.3) is 0 Å². The van der Waals surface area contributed by atoms with Crippen LogP contribution in [0.2, 0.25) is 0 Å². The highest BCUT2D eigenvalue weighted by molar-refractivity contribution is 5.82. The summed E-state index contributed by atoms with van der Waals surface area (Å²) in [6, 6.07) is 15.3. The molecular weight excluding hydrogens is 256 g/mol. The molecule has 3 rings (SSSR count). The largest absolute Gasteiger partial charge is 0.507 e. The molecule has 0 aliphatic carbocycles. The summed E-state index contributed by atoms with van der Waals surface area (Å²) in [4.78, 5) is 12.0. The summed E-state index contributed by atoms with van der Waals surface area (Å²) in [7, 11) is 0. The van der Waals surface area contributed by atoms with Gasteiger partial charge in [-0.3, -0.25) is 4.79 Å². The van der Waals surface area contributed by atoms with Gasteiger partial charge in [0.1, 0.15) is 34.8 Å². The van der Waals surface area contributed by atoms with Gasteiger partial charge in [-0.2, -0.15) is 0 Å². The minimum Gasteiger partial charge on any atom is -0.507 e.